The highest BCUT2D eigenvalue weighted by atomic mass is 15.5. The molecule has 0 bridgehead atoms. The Balaban J connectivity index is 0.919. The van der Waals surface area contributed by atoms with Gasteiger partial charge in [-0.15, -0.1) is 0 Å². The van der Waals surface area contributed by atoms with Gasteiger partial charge in [-0.2, -0.15) is 30.0 Å². The number of anilines is 9. The van der Waals surface area contributed by atoms with Crippen molar-refractivity contribution in [3.63, 3.8) is 0 Å². The largest absolute Gasteiger partial charge is 0.311 e. The summed E-state index contributed by atoms with van der Waals surface area (Å²) in [4.78, 5) is 39.5. The van der Waals surface area contributed by atoms with E-state index in [1.54, 1.807) is 4.90 Å². The second kappa shape index (κ2) is 23.0. The van der Waals surface area contributed by atoms with Crippen LogP contribution in [0.2, 0.25) is 0 Å². The van der Waals surface area contributed by atoms with Crippen molar-refractivity contribution in [3.8, 4) is 0 Å². The summed E-state index contributed by atoms with van der Waals surface area (Å²) < 4.78 is 0. The number of unbranched alkanes of at least 4 members (excludes halogenated alkanes) is 2. The predicted molar refractivity (Wildman–Crippen MR) is 334 cm³/mol. The number of amidine groups is 3. The van der Waals surface area contributed by atoms with Gasteiger partial charge in [-0.1, -0.05) is 123 Å². The lowest BCUT2D eigenvalue weighted by atomic mass is 10.1. The quantitative estimate of drug-likeness (QED) is 0.0857. The third kappa shape index (κ3) is 10.9. The second-order valence-electron chi connectivity index (χ2n) is 20.4. The molecule has 3 heterocycles. The van der Waals surface area contributed by atoms with Crippen LogP contribution < -0.4 is 14.7 Å². The Morgan fingerprint density at radius 1 is 0.287 bits per heavy atom. The normalized spacial score (nSPS) is 13.5. The SMILES string of the molecule is CCCCc1ccc(N(c2ccccc2)c2ccc(C3=NC4=NC(c5ccc(N(c6ccc(C)cc6)c6ccc(C)cc6)cc5)=NC5=NC(c6ccc(N(c7ccccc7)c7ccc(CCCC)cc7)cc6)=NC(=N3)N45)cc2)cc1. The number of hydrogen-bond donors (Lipinski definition) is 0. The maximum atomic E-state index is 5.15. The summed E-state index contributed by atoms with van der Waals surface area (Å²) in [5.41, 5.74) is 17.0. The Morgan fingerprint density at radius 2 is 0.537 bits per heavy atom. The number of guanidine groups is 3. The van der Waals surface area contributed by atoms with E-state index in [4.69, 9.17) is 30.0 Å². The zero-order valence-corrected chi connectivity index (χ0v) is 45.7. The van der Waals surface area contributed by atoms with E-state index >= 15 is 0 Å². The van der Waals surface area contributed by atoms with Crippen molar-refractivity contribution in [2.45, 2.75) is 66.2 Å². The molecule has 0 aromatic heterocycles. The highest BCUT2D eigenvalue weighted by molar-refractivity contribution is 6.34. The van der Waals surface area contributed by atoms with Gasteiger partial charge in [-0.3, -0.25) is 0 Å². The lowest BCUT2D eigenvalue weighted by Gasteiger charge is -2.31. The molecule has 0 amide bonds. The predicted octanol–water partition coefficient (Wildman–Crippen LogP) is 17.4. The van der Waals surface area contributed by atoms with Gasteiger partial charge in [0.1, 0.15) is 0 Å². The van der Waals surface area contributed by atoms with Gasteiger partial charge in [0.2, 0.25) is 17.9 Å². The number of benzene rings is 9. The first kappa shape index (κ1) is 51.0. The Morgan fingerprint density at radius 3 is 0.812 bits per heavy atom. The van der Waals surface area contributed by atoms with Gasteiger partial charge in [0, 0.05) is 67.9 Å². The van der Waals surface area contributed by atoms with E-state index in [0.29, 0.717) is 35.4 Å². The van der Waals surface area contributed by atoms with Crippen LogP contribution >= 0.6 is 0 Å². The Bertz CT molecular complexity index is 3620. The number of aliphatic imine (C=N–C) groups is 6. The third-order valence-corrected chi connectivity index (χ3v) is 14.6. The number of rotatable bonds is 18. The molecule has 0 unspecified atom stereocenters. The average molecular weight is 1040 g/mol. The summed E-state index contributed by atoms with van der Waals surface area (Å²) in [6.45, 7) is 8.69. The zero-order valence-electron chi connectivity index (χ0n) is 45.7. The molecule has 0 radical (unpaired) electrons. The molecule has 0 N–H and O–H groups in total. The Kier molecular flexibility index (Phi) is 14.7. The maximum Gasteiger partial charge on any atom is 0.243 e. The zero-order chi connectivity index (χ0) is 54.4. The van der Waals surface area contributed by atoms with Gasteiger partial charge in [0.05, 0.1) is 0 Å². The van der Waals surface area contributed by atoms with Crippen LogP contribution in [0.15, 0.2) is 260 Å². The van der Waals surface area contributed by atoms with E-state index in [1.807, 2.05) is 12.1 Å². The summed E-state index contributed by atoms with van der Waals surface area (Å²) >= 11 is 0. The van der Waals surface area contributed by atoms with Gasteiger partial charge in [-0.05, 0) is 196 Å². The van der Waals surface area contributed by atoms with Gasteiger partial charge in [0.25, 0.3) is 0 Å². The fraction of sp³-hybridized carbons (Fsp3) is 0.143. The number of hydrogen-bond acceptors (Lipinski definition) is 10. The van der Waals surface area contributed by atoms with Crippen LogP contribution in [0, 0.1) is 13.8 Å². The van der Waals surface area contributed by atoms with Crippen LogP contribution in [0.25, 0.3) is 0 Å². The lowest BCUT2D eigenvalue weighted by molar-refractivity contribution is 0.795. The molecule has 0 fully saturated rings. The van der Waals surface area contributed by atoms with Crippen LogP contribution in [0.3, 0.4) is 0 Å². The molecule has 0 saturated heterocycles. The summed E-state index contributed by atoms with van der Waals surface area (Å²) in [6, 6.07) is 81.2. The van der Waals surface area contributed by atoms with Crippen molar-refractivity contribution in [1.82, 2.24) is 4.90 Å². The van der Waals surface area contributed by atoms with Gasteiger partial charge < -0.3 is 14.7 Å². The summed E-state index contributed by atoms with van der Waals surface area (Å²) in [6.07, 6.45) is 6.81. The van der Waals surface area contributed by atoms with E-state index in [0.717, 1.165) is 80.7 Å². The van der Waals surface area contributed by atoms with Crippen LogP contribution in [0.4, 0.5) is 51.2 Å². The molecule has 392 valence electrons. The van der Waals surface area contributed by atoms with Gasteiger partial charge in [0.15, 0.2) is 17.5 Å². The number of para-hydroxylation sites is 2. The molecule has 9 aromatic rings. The van der Waals surface area contributed by atoms with E-state index < -0.39 is 0 Å². The molecule has 10 nitrogen and oxygen atoms in total. The second-order valence-corrected chi connectivity index (χ2v) is 20.4. The van der Waals surface area contributed by atoms with E-state index in [1.165, 1.54) is 47.9 Å². The van der Waals surface area contributed by atoms with Crippen molar-refractivity contribution < 1.29 is 0 Å². The molecule has 0 saturated carbocycles. The standard InChI is InChI=1S/C70H62N10/c1-5-7-15-51-25-39-60(40-26-51)77(56-17-11-9-12-18-56)62-43-29-53(30-44-62)65-71-68-72-66(54-31-45-63(46-32-54)78(57-19-13-10-14-20-57)61-41-27-52(28-42-61)16-8-6-2)74-70-76-67(75-69(73-65)80(68)70)55-33-47-64(48-34-55)79(58-35-21-49(3)22-36-58)59-37-23-50(4)24-38-59/h9-14,17-48H,5-8,15-16H2,1-4H3. The highest BCUT2D eigenvalue weighted by Gasteiger charge is 2.36. The lowest BCUT2D eigenvalue weighted by Crippen LogP contribution is -2.48. The minimum atomic E-state index is 0.384. The highest BCUT2D eigenvalue weighted by Crippen LogP contribution is 2.39. The molecule has 10 heteroatoms. The van der Waals surface area contributed by atoms with E-state index in [2.05, 4.69) is 261 Å². The molecule has 12 rings (SSSR count). The molecular weight excluding hydrogens is 981 g/mol. The summed E-state index contributed by atoms with van der Waals surface area (Å²) in [7, 11) is 0. The van der Waals surface area contributed by atoms with Crippen LogP contribution in [-0.2, 0) is 12.8 Å². The Labute approximate surface area is 469 Å². The fourth-order valence-electron chi connectivity index (χ4n) is 10.2. The van der Waals surface area contributed by atoms with Crippen molar-refractivity contribution >= 4 is 86.6 Å². The maximum absolute atomic E-state index is 5.15. The monoisotopic (exact) mass is 1040 g/mol. The van der Waals surface area contributed by atoms with E-state index in [9.17, 15) is 0 Å². The number of aryl methyl sites for hydroxylation is 4. The van der Waals surface area contributed by atoms with Crippen molar-refractivity contribution in [3.05, 3.63) is 269 Å². The molecular formula is C70H62N10. The first-order chi connectivity index (χ1) is 39.3. The molecule has 3 aliphatic rings. The molecule has 0 spiro atoms. The molecule has 0 atom stereocenters. The topological polar surface area (TPSA) is 87.1 Å². The molecule has 9 aromatic carbocycles. The smallest absolute Gasteiger partial charge is 0.243 e. The van der Waals surface area contributed by atoms with Crippen molar-refractivity contribution in [2.24, 2.45) is 30.0 Å². The van der Waals surface area contributed by atoms with Gasteiger partial charge >= 0.3 is 0 Å². The van der Waals surface area contributed by atoms with Crippen molar-refractivity contribution in [2.75, 3.05) is 14.7 Å². The van der Waals surface area contributed by atoms with Gasteiger partial charge in [-0.25, -0.2) is 4.90 Å². The first-order valence-corrected chi connectivity index (χ1v) is 27.8. The molecule has 0 aliphatic carbocycles. The average Bonchev–Trinajstić information content (AvgIpc) is 3.51. The Hall–Kier alpha value is -9.80. The third-order valence-electron chi connectivity index (χ3n) is 14.6. The summed E-state index contributed by atoms with van der Waals surface area (Å²) in [5, 5.41) is 0. The fourth-order valence-corrected chi connectivity index (χ4v) is 10.2. The summed E-state index contributed by atoms with van der Waals surface area (Å²) in [5.74, 6) is 2.60. The minimum Gasteiger partial charge on any atom is -0.311 e. The minimum absolute atomic E-state index is 0.384. The van der Waals surface area contributed by atoms with Crippen LogP contribution in [0.5, 0.6) is 0 Å². The molecule has 80 heavy (non-hydrogen) atoms. The van der Waals surface area contributed by atoms with Crippen molar-refractivity contribution in [1.29, 1.82) is 0 Å². The van der Waals surface area contributed by atoms with Crippen LogP contribution in [-0.4, -0.2) is 40.3 Å². The van der Waals surface area contributed by atoms with Crippen LogP contribution in [0.1, 0.15) is 78.5 Å². The first-order valence-electron chi connectivity index (χ1n) is 27.8. The van der Waals surface area contributed by atoms with E-state index in [-0.39, 0.29) is 0 Å². The number of nitrogens with zero attached hydrogens (tertiary/aromatic N) is 10. The molecule has 3 aliphatic heterocycles.